The van der Waals surface area contributed by atoms with E-state index in [4.69, 9.17) is 16.3 Å². The maximum absolute atomic E-state index is 12.5. The lowest BCUT2D eigenvalue weighted by atomic mass is 9.96. The van der Waals surface area contributed by atoms with Gasteiger partial charge in [0.25, 0.3) is 0 Å². The Morgan fingerprint density at radius 3 is 2.64 bits per heavy atom. The highest BCUT2D eigenvalue weighted by molar-refractivity contribution is 6.31. The zero-order valence-corrected chi connectivity index (χ0v) is 14.6. The van der Waals surface area contributed by atoms with Crippen molar-refractivity contribution in [2.24, 2.45) is 4.99 Å². The van der Waals surface area contributed by atoms with Gasteiger partial charge in [0.15, 0.2) is 11.7 Å². The molecule has 0 saturated carbocycles. The van der Waals surface area contributed by atoms with E-state index in [9.17, 15) is 4.79 Å². The van der Waals surface area contributed by atoms with E-state index in [0.29, 0.717) is 28.0 Å². The summed E-state index contributed by atoms with van der Waals surface area (Å²) >= 11 is 6.35. The summed E-state index contributed by atoms with van der Waals surface area (Å²) in [5, 5.41) is 3.63. The quantitative estimate of drug-likeness (QED) is 0.852. The summed E-state index contributed by atoms with van der Waals surface area (Å²) < 4.78 is 5.20. The van der Waals surface area contributed by atoms with Crippen molar-refractivity contribution in [1.29, 1.82) is 0 Å². The van der Waals surface area contributed by atoms with E-state index in [0.717, 1.165) is 5.56 Å². The van der Waals surface area contributed by atoms with Gasteiger partial charge in [0.1, 0.15) is 6.04 Å². The highest BCUT2D eigenvalue weighted by atomic mass is 35.5. The Hall–Kier alpha value is -2.73. The van der Waals surface area contributed by atoms with Crippen molar-refractivity contribution < 1.29 is 9.53 Å². The third-order valence-corrected chi connectivity index (χ3v) is 4.06. The van der Waals surface area contributed by atoms with Crippen molar-refractivity contribution in [3.8, 4) is 0 Å². The first-order chi connectivity index (χ1) is 12.1. The predicted octanol–water partition coefficient (Wildman–Crippen LogP) is 3.06. The smallest absolute Gasteiger partial charge is 0.338 e. The zero-order valence-electron chi connectivity index (χ0n) is 13.9. The molecule has 7 heteroatoms. The number of amidine groups is 1. The van der Waals surface area contributed by atoms with Gasteiger partial charge in [-0.3, -0.25) is 4.99 Å². The van der Waals surface area contributed by atoms with Crippen LogP contribution in [0.5, 0.6) is 0 Å². The highest BCUT2D eigenvalue weighted by Crippen LogP contribution is 2.35. The molecular weight excluding hydrogens is 340 g/mol. The molecule has 2 aromatic rings. The number of carbonyl (C=O) groups excluding carboxylic acids is 1. The molecule has 1 N–H and O–H groups in total. The molecule has 0 saturated heterocycles. The Bertz CT molecular complexity index is 849. The first-order valence-corrected chi connectivity index (χ1v) is 8.24. The molecule has 1 aromatic carbocycles. The molecule has 3 rings (SSSR count). The van der Waals surface area contributed by atoms with Gasteiger partial charge in [-0.15, -0.1) is 0 Å². The maximum Gasteiger partial charge on any atom is 0.338 e. The molecule has 6 nitrogen and oxygen atoms in total. The highest BCUT2D eigenvalue weighted by Gasteiger charge is 2.32. The van der Waals surface area contributed by atoms with Crippen LogP contribution in [-0.4, -0.2) is 28.4 Å². The van der Waals surface area contributed by atoms with E-state index in [2.05, 4.69) is 20.3 Å². The Balaban J connectivity index is 2.11. The van der Waals surface area contributed by atoms with Gasteiger partial charge in [-0.25, -0.2) is 14.8 Å². The third-order valence-electron chi connectivity index (χ3n) is 3.71. The molecule has 0 radical (unpaired) electrons. The van der Waals surface area contributed by atoms with Crippen molar-refractivity contribution in [2.75, 3.05) is 6.61 Å². The van der Waals surface area contributed by atoms with Crippen LogP contribution in [-0.2, 0) is 9.53 Å². The summed E-state index contributed by atoms with van der Waals surface area (Å²) in [6.07, 6.45) is 3.27. The lowest BCUT2D eigenvalue weighted by molar-refractivity contribution is -0.138. The number of aromatic nitrogens is 2. The van der Waals surface area contributed by atoms with E-state index < -0.39 is 12.0 Å². The normalized spacial score (nSPS) is 16.9. The SMILES string of the molecule is CCOC(=O)C1=C(C)NC(c2ncccn2)=NC1c1ccccc1Cl. The minimum atomic E-state index is -0.590. The molecule has 1 aliphatic rings. The van der Waals surface area contributed by atoms with Crippen LogP contribution < -0.4 is 5.32 Å². The Labute approximate surface area is 150 Å². The minimum Gasteiger partial charge on any atom is -0.463 e. The van der Waals surface area contributed by atoms with Crippen LogP contribution in [0.25, 0.3) is 0 Å². The standard InChI is InChI=1S/C18H17ClN4O2/c1-3-25-18(24)14-11(2)22-17(16-20-9-6-10-21-16)23-15(14)12-7-4-5-8-13(12)19/h4-10,15H,3H2,1-2H3,(H,22,23). The molecule has 1 aliphatic heterocycles. The van der Waals surface area contributed by atoms with E-state index in [-0.39, 0.29) is 6.61 Å². The fraction of sp³-hybridized carbons (Fsp3) is 0.222. The second-order valence-electron chi connectivity index (χ2n) is 5.36. The molecule has 0 amide bonds. The summed E-state index contributed by atoms with van der Waals surface area (Å²) in [5.41, 5.74) is 1.79. The molecule has 1 unspecified atom stereocenters. The first kappa shape index (κ1) is 17.1. The van der Waals surface area contributed by atoms with Crippen LogP contribution in [0.3, 0.4) is 0 Å². The first-order valence-electron chi connectivity index (χ1n) is 7.86. The van der Waals surface area contributed by atoms with E-state index in [1.54, 1.807) is 38.4 Å². The van der Waals surface area contributed by atoms with Gasteiger partial charge in [0.05, 0.1) is 12.2 Å². The minimum absolute atomic E-state index is 0.281. The van der Waals surface area contributed by atoms with Gasteiger partial charge in [-0.1, -0.05) is 29.8 Å². The number of hydrogen-bond acceptors (Lipinski definition) is 6. The Kier molecular flexibility index (Phi) is 5.09. The van der Waals surface area contributed by atoms with Crippen molar-refractivity contribution in [3.63, 3.8) is 0 Å². The Morgan fingerprint density at radius 1 is 1.24 bits per heavy atom. The summed E-state index contributed by atoms with van der Waals surface area (Å²) in [6.45, 7) is 3.85. The predicted molar refractivity (Wildman–Crippen MR) is 95.2 cm³/mol. The van der Waals surface area contributed by atoms with Gasteiger partial charge in [-0.05, 0) is 26.0 Å². The van der Waals surface area contributed by atoms with Gasteiger partial charge < -0.3 is 10.1 Å². The number of ether oxygens (including phenoxy) is 1. The molecule has 0 spiro atoms. The van der Waals surface area contributed by atoms with E-state index in [1.807, 2.05) is 18.2 Å². The van der Waals surface area contributed by atoms with Crippen LogP contribution in [0.4, 0.5) is 0 Å². The molecule has 0 aliphatic carbocycles. The van der Waals surface area contributed by atoms with Crippen LogP contribution >= 0.6 is 11.6 Å². The Morgan fingerprint density at radius 2 is 1.96 bits per heavy atom. The summed E-state index contributed by atoms with van der Waals surface area (Å²) in [7, 11) is 0. The monoisotopic (exact) mass is 356 g/mol. The number of nitrogens with zero attached hydrogens (tertiary/aromatic N) is 3. The second kappa shape index (κ2) is 7.44. The lowest BCUT2D eigenvalue weighted by Gasteiger charge is -2.26. The average molecular weight is 357 g/mol. The number of halogens is 1. The average Bonchev–Trinajstić information content (AvgIpc) is 2.62. The molecule has 0 bridgehead atoms. The van der Waals surface area contributed by atoms with Crippen LogP contribution in [0.15, 0.2) is 59.0 Å². The summed E-state index contributed by atoms with van der Waals surface area (Å²) in [5.74, 6) is 0.507. The van der Waals surface area contributed by atoms with Gasteiger partial charge in [-0.2, -0.15) is 0 Å². The summed E-state index contributed by atoms with van der Waals surface area (Å²) in [6, 6.07) is 8.44. The van der Waals surface area contributed by atoms with Crippen molar-refractivity contribution in [3.05, 3.63) is 70.4 Å². The molecule has 1 atom stereocenters. The third kappa shape index (κ3) is 3.53. The molecule has 2 heterocycles. The number of hydrogen-bond donors (Lipinski definition) is 1. The molecule has 1 aromatic heterocycles. The summed E-state index contributed by atoms with van der Waals surface area (Å²) in [4.78, 5) is 25.6. The fourth-order valence-corrected chi connectivity index (χ4v) is 2.85. The number of allylic oxidation sites excluding steroid dienone is 1. The lowest BCUT2D eigenvalue weighted by Crippen LogP contribution is -2.34. The largest absolute Gasteiger partial charge is 0.463 e. The zero-order chi connectivity index (χ0) is 17.8. The fourth-order valence-electron chi connectivity index (χ4n) is 2.61. The number of rotatable bonds is 4. The van der Waals surface area contributed by atoms with Gasteiger partial charge >= 0.3 is 5.97 Å². The number of esters is 1. The van der Waals surface area contributed by atoms with Gasteiger partial charge in [0.2, 0.25) is 0 Å². The molecular formula is C18H17ClN4O2. The van der Waals surface area contributed by atoms with Crippen LogP contribution in [0.1, 0.15) is 31.3 Å². The van der Waals surface area contributed by atoms with Gasteiger partial charge in [0, 0.05) is 28.7 Å². The van der Waals surface area contributed by atoms with Crippen LogP contribution in [0, 0.1) is 0 Å². The molecule has 25 heavy (non-hydrogen) atoms. The number of carbonyl (C=O) groups is 1. The number of aliphatic imine (C=N–C) groups is 1. The number of nitrogens with one attached hydrogen (secondary N) is 1. The molecule has 0 fully saturated rings. The second-order valence-corrected chi connectivity index (χ2v) is 5.77. The van der Waals surface area contributed by atoms with E-state index in [1.165, 1.54) is 0 Å². The molecule has 128 valence electrons. The van der Waals surface area contributed by atoms with E-state index >= 15 is 0 Å². The maximum atomic E-state index is 12.5. The van der Waals surface area contributed by atoms with Crippen molar-refractivity contribution >= 4 is 23.4 Å². The van der Waals surface area contributed by atoms with Crippen LogP contribution in [0.2, 0.25) is 5.02 Å². The number of benzene rings is 1. The van der Waals surface area contributed by atoms with Crippen molar-refractivity contribution in [2.45, 2.75) is 19.9 Å². The topological polar surface area (TPSA) is 76.5 Å². The van der Waals surface area contributed by atoms with Crippen molar-refractivity contribution in [1.82, 2.24) is 15.3 Å².